The van der Waals surface area contributed by atoms with Gasteiger partial charge in [-0.15, -0.1) is 0 Å². The number of carbonyl (C=O) groups excluding carboxylic acids is 2. The number of para-hydroxylation sites is 1. The highest BCUT2D eigenvalue weighted by molar-refractivity contribution is 6.03. The molecule has 0 aliphatic rings. The number of aromatic nitrogens is 2. The molecule has 0 fully saturated rings. The predicted octanol–water partition coefficient (Wildman–Crippen LogP) is 3.57. The Morgan fingerprint density at radius 3 is 2.52 bits per heavy atom. The van der Waals surface area contributed by atoms with E-state index in [4.69, 9.17) is 0 Å². The van der Waals surface area contributed by atoms with E-state index in [1.807, 2.05) is 31.2 Å². The molecule has 0 radical (unpaired) electrons. The standard InChI is InChI=1S/C20H18N4O3/c1-13-6-3-4-9-16(13)24-18-12-21-17(11-22-18)19(25)23-15-8-5-7-14(10-15)20(26)27-2/h3-12H,1-2H3,(H,22,24)(H,23,25). The number of hydrogen-bond donors (Lipinski definition) is 2. The molecule has 0 unspecified atom stereocenters. The van der Waals surface area contributed by atoms with Gasteiger partial charge in [0.15, 0.2) is 0 Å². The Morgan fingerprint density at radius 1 is 1.00 bits per heavy atom. The van der Waals surface area contributed by atoms with Crippen molar-refractivity contribution in [1.29, 1.82) is 0 Å². The molecule has 0 saturated heterocycles. The van der Waals surface area contributed by atoms with Gasteiger partial charge in [-0.05, 0) is 36.8 Å². The van der Waals surface area contributed by atoms with Gasteiger partial charge in [0.1, 0.15) is 11.5 Å². The molecule has 0 atom stereocenters. The normalized spacial score (nSPS) is 10.1. The topological polar surface area (TPSA) is 93.2 Å². The van der Waals surface area contributed by atoms with E-state index in [-0.39, 0.29) is 5.69 Å². The monoisotopic (exact) mass is 362 g/mol. The van der Waals surface area contributed by atoms with E-state index < -0.39 is 11.9 Å². The number of carbonyl (C=O) groups is 2. The first-order chi connectivity index (χ1) is 13.1. The average Bonchev–Trinajstić information content (AvgIpc) is 2.70. The van der Waals surface area contributed by atoms with Gasteiger partial charge in [0.2, 0.25) is 0 Å². The fourth-order valence-electron chi connectivity index (χ4n) is 2.40. The van der Waals surface area contributed by atoms with Crippen molar-refractivity contribution in [3.8, 4) is 0 Å². The maximum atomic E-state index is 12.3. The number of rotatable bonds is 5. The maximum Gasteiger partial charge on any atom is 0.337 e. The van der Waals surface area contributed by atoms with E-state index in [1.165, 1.54) is 25.6 Å². The number of amides is 1. The molecule has 0 aliphatic carbocycles. The third kappa shape index (κ3) is 4.46. The van der Waals surface area contributed by atoms with Gasteiger partial charge in [-0.3, -0.25) is 4.79 Å². The van der Waals surface area contributed by atoms with Gasteiger partial charge in [0.05, 0.1) is 25.1 Å². The van der Waals surface area contributed by atoms with E-state index in [0.717, 1.165) is 11.3 Å². The highest BCUT2D eigenvalue weighted by atomic mass is 16.5. The molecule has 0 saturated carbocycles. The lowest BCUT2D eigenvalue weighted by Crippen LogP contribution is -2.14. The molecule has 3 rings (SSSR count). The molecule has 7 nitrogen and oxygen atoms in total. The lowest BCUT2D eigenvalue weighted by atomic mass is 10.2. The van der Waals surface area contributed by atoms with Crippen LogP contribution in [0.15, 0.2) is 60.9 Å². The summed E-state index contributed by atoms with van der Waals surface area (Å²) >= 11 is 0. The number of anilines is 3. The van der Waals surface area contributed by atoms with Crippen LogP contribution in [-0.4, -0.2) is 29.0 Å². The maximum absolute atomic E-state index is 12.3. The highest BCUT2D eigenvalue weighted by Crippen LogP contribution is 2.18. The molecule has 0 aliphatic heterocycles. The lowest BCUT2D eigenvalue weighted by Gasteiger charge is -2.09. The SMILES string of the molecule is COC(=O)c1cccc(NC(=O)c2cnc(Nc3ccccc3C)cn2)c1. The summed E-state index contributed by atoms with van der Waals surface area (Å²) in [6.45, 7) is 1.99. The molecule has 0 bridgehead atoms. The second-order valence-corrected chi connectivity index (χ2v) is 5.75. The lowest BCUT2D eigenvalue weighted by molar-refractivity contribution is 0.0600. The zero-order valence-electron chi connectivity index (χ0n) is 14.9. The van der Waals surface area contributed by atoms with Crippen LogP contribution in [0.1, 0.15) is 26.4 Å². The number of nitrogens with one attached hydrogen (secondary N) is 2. The first kappa shape index (κ1) is 18.1. The highest BCUT2D eigenvalue weighted by Gasteiger charge is 2.11. The van der Waals surface area contributed by atoms with Crippen LogP contribution in [0.25, 0.3) is 0 Å². The predicted molar refractivity (Wildman–Crippen MR) is 102 cm³/mol. The molecule has 2 aromatic carbocycles. The Bertz CT molecular complexity index is 971. The molecule has 1 heterocycles. The number of ether oxygens (including phenoxy) is 1. The molecular formula is C20H18N4O3. The van der Waals surface area contributed by atoms with Crippen LogP contribution in [0.3, 0.4) is 0 Å². The smallest absolute Gasteiger partial charge is 0.337 e. The zero-order valence-corrected chi connectivity index (χ0v) is 14.9. The van der Waals surface area contributed by atoms with Crippen molar-refractivity contribution >= 4 is 29.1 Å². The number of benzene rings is 2. The molecule has 1 aromatic heterocycles. The molecule has 3 aromatic rings. The van der Waals surface area contributed by atoms with Crippen LogP contribution in [-0.2, 0) is 4.74 Å². The van der Waals surface area contributed by atoms with Gasteiger partial charge in [0, 0.05) is 11.4 Å². The second-order valence-electron chi connectivity index (χ2n) is 5.75. The van der Waals surface area contributed by atoms with Crippen LogP contribution in [0.4, 0.5) is 17.2 Å². The van der Waals surface area contributed by atoms with Crippen molar-refractivity contribution in [3.63, 3.8) is 0 Å². The summed E-state index contributed by atoms with van der Waals surface area (Å²) in [6.07, 6.45) is 2.88. The van der Waals surface area contributed by atoms with Gasteiger partial charge in [0.25, 0.3) is 5.91 Å². The van der Waals surface area contributed by atoms with E-state index in [2.05, 4.69) is 25.3 Å². The third-order valence-electron chi connectivity index (χ3n) is 3.83. The summed E-state index contributed by atoms with van der Waals surface area (Å²) in [5.74, 6) is -0.363. The zero-order chi connectivity index (χ0) is 19.2. The van der Waals surface area contributed by atoms with Gasteiger partial charge in [-0.2, -0.15) is 0 Å². The van der Waals surface area contributed by atoms with Gasteiger partial charge in [-0.25, -0.2) is 14.8 Å². The van der Waals surface area contributed by atoms with Crippen LogP contribution < -0.4 is 10.6 Å². The number of esters is 1. The molecule has 7 heteroatoms. The summed E-state index contributed by atoms with van der Waals surface area (Å²) in [4.78, 5) is 32.3. The Labute approximate surface area is 156 Å². The first-order valence-corrected chi connectivity index (χ1v) is 8.21. The minimum atomic E-state index is -0.475. The molecular weight excluding hydrogens is 344 g/mol. The van der Waals surface area contributed by atoms with Gasteiger partial charge < -0.3 is 15.4 Å². The number of aryl methyl sites for hydroxylation is 1. The van der Waals surface area contributed by atoms with E-state index in [1.54, 1.807) is 18.2 Å². The summed E-state index contributed by atoms with van der Waals surface area (Å²) in [5, 5.41) is 5.84. The number of nitrogens with zero attached hydrogens (tertiary/aromatic N) is 2. The minimum absolute atomic E-state index is 0.161. The summed E-state index contributed by atoms with van der Waals surface area (Å²) in [7, 11) is 1.30. The summed E-state index contributed by atoms with van der Waals surface area (Å²) < 4.78 is 4.67. The first-order valence-electron chi connectivity index (χ1n) is 8.21. The molecule has 0 spiro atoms. The fraction of sp³-hybridized carbons (Fsp3) is 0.100. The van der Waals surface area contributed by atoms with Crippen molar-refractivity contribution in [1.82, 2.24) is 9.97 Å². The van der Waals surface area contributed by atoms with Crippen LogP contribution >= 0.6 is 0 Å². The van der Waals surface area contributed by atoms with Gasteiger partial charge >= 0.3 is 5.97 Å². The van der Waals surface area contributed by atoms with Crippen molar-refractivity contribution in [2.75, 3.05) is 17.7 Å². The largest absolute Gasteiger partial charge is 0.465 e. The second kappa shape index (κ2) is 8.09. The number of methoxy groups -OCH3 is 1. The minimum Gasteiger partial charge on any atom is -0.465 e. The van der Waals surface area contributed by atoms with Crippen molar-refractivity contribution < 1.29 is 14.3 Å². The third-order valence-corrected chi connectivity index (χ3v) is 3.83. The Balaban J connectivity index is 1.69. The Kier molecular flexibility index (Phi) is 5.41. The van der Waals surface area contributed by atoms with Gasteiger partial charge in [-0.1, -0.05) is 24.3 Å². The van der Waals surface area contributed by atoms with E-state index in [0.29, 0.717) is 17.1 Å². The molecule has 2 N–H and O–H groups in total. The van der Waals surface area contributed by atoms with Crippen molar-refractivity contribution in [2.45, 2.75) is 6.92 Å². The quantitative estimate of drug-likeness (QED) is 0.674. The summed E-state index contributed by atoms with van der Waals surface area (Å²) in [6, 6.07) is 14.3. The van der Waals surface area contributed by atoms with Crippen LogP contribution in [0, 0.1) is 6.92 Å². The summed E-state index contributed by atoms with van der Waals surface area (Å²) in [5.41, 5.74) is 2.97. The number of hydrogen-bond acceptors (Lipinski definition) is 6. The van der Waals surface area contributed by atoms with Crippen molar-refractivity contribution in [3.05, 3.63) is 77.7 Å². The van der Waals surface area contributed by atoms with E-state index >= 15 is 0 Å². The van der Waals surface area contributed by atoms with E-state index in [9.17, 15) is 9.59 Å². The van der Waals surface area contributed by atoms with Crippen LogP contribution in [0.5, 0.6) is 0 Å². The Morgan fingerprint density at radius 2 is 1.81 bits per heavy atom. The average molecular weight is 362 g/mol. The molecule has 27 heavy (non-hydrogen) atoms. The molecule has 1 amide bonds. The van der Waals surface area contributed by atoms with Crippen molar-refractivity contribution in [2.24, 2.45) is 0 Å². The Hall–Kier alpha value is -3.74. The van der Waals surface area contributed by atoms with Crippen LogP contribution in [0.2, 0.25) is 0 Å². The molecule has 136 valence electrons. The fourth-order valence-corrected chi connectivity index (χ4v) is 2.40.